The molecule has 112 valence electrons. The molecule has 2 aromatic carbocycles. The van der Waals surface area contributed by atoms with Crippen LogP contribution in [0.2, 0.25) is 0 Å². The standard InChI is InChI=1S/C17H16N2O2S/c1-14-5-11-17(12-6-14)22(20,21)19(2)16-9-7-15(8-10-16)4-3-13-18/h3-12H,1-2H3/b4-3+. The number of sulfonamides is 1. The van der Waals surface area contributed by atoms with Crippen molar-refractivity contribution in [1.29, 1.82) is 5.26 Å². The van der Waals surface area contributed by atoms with Gasteiger partial charge in [0.25, 0.3) is 10.0 Å². The second-order valence-corrected chi connectivity index (χ2v) is 6.81. The molecular formula is C17H16N2O2S. The van der Waals surface area contributed by atoms with Crippen LogP contribution in [0.15, 0.2) is 59.5 Å². The van der Waals surface area contributed by atoms with E-state index in [9.17, 15) is 8.42 Å². The Bertz CT molecular complexity index is 814. The van der Waals surface area contributed by atoms with Crippen LogP contribution in [0.3, 0.4) is 0 Å². The highest BCUT2D eigenvalue weighted by atomic mass is 32.2. The van der Waals surface area contributed by atoms with E-state index in [0.29, 0.717) is 5.69 Å². The first-order valence-electron chi connectivity index (χ1n) is 6.67. The van der Waals surface area contributed by atoms with Crippen molar-refractivity contribution in [1.82, 2.24) is 0 Å². The van der Waals surface area contributed by atoms with E-state index < -0.39 is 10.0 Å². The molecular weight excluding hydrogens is 296 g/mol. The number of nitriles is 1. The fourth-order valence-electron chi connectivity index (χ4n) is 1.94. The van der Waals surface area contributed by atoms with Gasteiger partial charge in [-0.1, -0.05) is 29.8 Å². The lowest BCUT2D eigenvalue weighted by atomic mass is 10.2. The minimum Gasteiger partial charge on any atom is -0.269 e. The fourth-order valence-corrected chi connectivity index (χ4v) is 3.13. The number of anilines is 1. The SMILES string of the molecule is Cc1ccc(S(=O)(=O)N(C)c2ccc(/C=C/C#N)cc2)cc1. The molecule has 0 atom stereocenters. The minimum atomic E-state index is -3.58. The second-order valence-electron chi connectivity index (χ2n) is 4.84. The maximum Gasteiger partial charge on any atom is 0.264 e. The largest absolute Gasteiger partial charge is 0.269 e. The molecule has 0 radical (unpaired) electrons. The van der Waals surface area contributed by atoms with Crippen LogP contribution in [0.5, 0.6) is 0 Å². The van der Waals surface area contributed by atoms with Gasteiger partial charge in [0.15, 0.2) is 0 Å². The van der Waals surface area contributed by atoms with Crippen LogP contribution in [0, 0.1) is 18.3 Å². The Labute approximate surface area is 131 Å². The lowest BCUT2D eigenvalue weighted by Crippen LogP contribution is -2.26. The predicted octanol–water partition coefficient (Wildman–Crippen LogP) is 3.36. The van der Waals surface area contributed by atoms with Crippen LogP contribution in [0.1, 0.15) is 11.1 Å². The normalized spacial score (nSPS) is 11.3. The zero-order valence-corrected chi connectivity index (χ0v) is 13.2. The van der Waals surface area contributed by atoms with E-state index in [2.05, 4.69) is 0 Å². The van der Waals surface area contributed by atoms with Crippen molar-refractivity contribution in [3.05, 3.63) is 65.7 Å². The van der Waals surface area contributed by atoms with Gasteiger partial charge in [-0.15, -0.1) is 0 Å². The molecule has 0 aliphatic carbocycles. The first-order chi connectivity index (χ1) is 10.4. The smallest absolute Gasteiger partial charge is 0.264 e. The van der Waals surface area contributed by atoms with Crippen LogP contribution in [-0.4, -0.2) is 15.5 Å². The fraction of sp³-hybridized carbons (Fsp3) is 0.118. The second kappa shape index (κ2) is 6.46. The van der Waals surface area contributed by atoms with Gasteiger partial charge in [-0.05, 0) is 42.8 Å². The number of hydrogen-bond acceptors (Lipinski definition) is 3. The van der Waals surface area contributed by atoms with Crippen LogP contribution in [0.25, 0.3) is 6.08 Å². The van der Waals surface area contributed by atoms with Crippen molar-refractivity contribution in [3.8, 4) is 6.07 Å². The van der Waals surface area contributed by atoms with E-state index in [0.717, 1.165) is 11.1 Å². The van der Waals surface area contributed by atoms with Gasteiger partial charge in [0, 0.05) is 13.1 Å². The summed E-state index contributed by atoms with van der Waals surface area (Å²) in [5.74, 6) is 0. The van der Waals surface area contributed by atoms with E-state index >= 15 is 0 Å². The summed E-state index contributed by atoms with van der Waals surface area (Å²) in [5, 5.41) is 8.50. The van der Waals surface area contributed by atoms with Crippen molar-refractivity contribution in [2.45, 2.75) is 11.8 Å². The van der Waals surface area contributed by atoms with Crippen LogP contribution < -0.4 is 4.31 Å². The summed E-state index contributed by atoms with van der Waals surface area (Å²) in [6.07, 6.45) is 3.04. The Kier molecular flexibility index (Phi) is 4.64. The number of allylic oxidation sites excluding steroid dienone is 1. The van der Waals surface area contributed by atoms with Crippen molar-refractivity contribution in [2.24, 2.45) is 0 Å². The average Bonchev–Trinajstić information content (AvgIpc) is 2.53. The zero-order valence-electron chi connectivity index (χ0n) is 12.4. The molecule has 2 aromatic rings. The molecule has 0 saturated carbocycles. The Morgan fingerprint density at radius 3 is 2.18 bits per heavy atom. The average molecular weight is 312 g/mol. The highest BCUT2D eigenvalue weighted by Gasteiger charge is 2.20. The van der Waals surface area contributed by atoms with E-state index in [-0.39, 0.29) is 4.90 Å². The van der Waals surface area contributed by atoms with Gasteiger partial charge in [-0.3, -0.25) is 4.31 Å². The van der Waals surface area contributed by atoms with Gasteiger partial charge in [0.05, 0.1) is 16.7 Å². The van der Waals surface area contributed by atoms with Crippen LogP contribution >= 0.6 is 0 Å². The summed E-state index contributed by atoms with van der Waals surface area (Å²) in [4.78, 5) is 0.258. The summed E-state index contributed by atoms with van der Waals surface area (Å²) in [5.41, 5.74) is 2.41. The molecule has 0 aliphatic rings. The Hall–Kier alpha value is -2.58. The monoisotopic (exact) mass is 312 g/mol. The predicted molar refractivity (Wildman–Crippen MR) is 87.9 cm³/mol. The summed E-state index contributed by atoms with van der Waals surface area (Å²) in [6.45, 7) is 1.91. The molecule has 0 amide bonds. The van der Waals surface area contributed by atoms with Crippen molar-refractivity contribution < 1.29 is 8.42 Å². The molecule has 0 aromatic heterocycles. The molecule has 0 aliphatic heterocycles. The Morgan fingerprint density at radius 2 is 1.64 bits per heavy atom. The van der Waals surface area contributed by atoms with Gasteiger partial charge in [0.1, 0.15) is 0 Å². The molecule has 2 rings (SSSR count). The highest BCUT2D eigenvalue weighted by Crippen LogP contribution is 2.22. The molecule has 0 bridgehead atoms. The third-order valence-electron chi connectivity index (χ3n) is 3.29. The molecule has 5 heteroatoms. The molecule has 22 heavy (non-hydrogen) atoms. The molecule has 0 saturated heterocycles. The topological polar surface area (TPSA) is 61.2 Å². The van der Waals surface area contributed by atoms with E-state index in [1.165, 1.54) is 17.4 Å². The van der Waals surface area contributed by atoms with E-state index in [1.54, 1.807) is 54.6 Å². The number of aryl methyl sites for hydroxylation is 1. The van der Waals surface area contributed by atoms with Crippen molar-refractivity contribution in [2.75, 3.05) is 11.4 Å². The molecule has 0 spiro atoms. The lowest BCUT2D eigenvalue weighted by Gasteiger charge is -2.19. The maximum absolute atomic E-state index is 12.6. The highest BCUT2D eigenvalue weighted by molar-refractivity contribution is 7.92. The summed E-state index contributed by atoms with van der Waals surface area (Å²) in [6, 6.07) is 15.6. The lowest BCUT2D eigenvalue weighted by molar-refractivity contribution is 0.594. The third-order valence-corrected chi connectivity index (χ3v) is 5.09. The summed E-state index contributed by atoms with van der Waals surface area (Å²) < 4.78 is 26.4. The van der Waals surface area contributed by atoms with Gasteiger partial charge in [-0.25, -0.2) is 8.42 Å². The number of nitrogens with zero attached hydrogens (tertiary/aromatic N) is 2. The van der Waals surface area contributed by atoms with Crippen LogP contribution in [-0.2, 0) is 10.0 Å². The number of rotatable bonds is 4. The van der Waals surface area contributed by atoms with Crippen LogP contribution in [0.4, 0.5) is 5.69 Å². The van der Waals surface area contributed by atoms with Crippen molar-refractivity contribution >= 4 is 21.8 Å². The van der Waals surface area contributed by atoms with Crippen molar-refractivity contribution in [3.63, 3.8) is 0 Å². The maximum atomic E-state index is 12.6. The summed E-state index contributed by atoms with van der Waals surface area (Å²) in [7, 11) is -2.05. The minimum absolute atomic E-state index is 0.258. The Balaban J connectivity index is 2.30. The number of benzene rings is 2. The van der Waals surface area contributed by atoms with Gasteiger partial charge < -0.3 is 0 Å². The summed E-state index contributed by atoms with van der Waals surface area (Å²) >= 11 is 0. The quantitative estimate of drug-likeness (QED) is 0.813. The Morgan fingerprint density at radius 1 is 1.05 bits per heavy atom. The molecule has 0 unspecified atom stereocenters. The van der Waals surface area contributed by atoms with Gasteiger partial charge in [0.2, 0.25) is 0 Å². The zero-order chi connectivity index (χ0) is 16.2. The third kappa shape index (κ3) is 3.35. The molecule has 0 fully saturated rings. The molecule has 0 heterocycles. The molecule has 4 nitrogen and oxygen atoms in total. The molecule has 0 N–H and O–H groups in total. The first kappa shape index (κ1) is 15.8. The number of hydrogen-bond donors (Lipinski definition) is 0. The van der Waals surface area contributed by atoms with Gasteiger partial charge >= 0.3 is 0 Å². The van der Waals surface area contributed by atoms with E-state index in [1.807, 2.05) is 13.0 Å². The van der Waals surface area contributed by atoms with E-state index in [4.69, 9.17) is 5.26 Å². The first-order valence-corrected chi connectivity index (χ1v) is 8.11. The van der Waals surface area contributed by atoms with Gasteiger partial charge in [-0.2, -0.15) is 5.26 Å².